The predicted octanol–water partition coefficient (Wildman–Crippen LogP) is -0.574. The van der Waals surface area contributed by atoms with E-state index in [4.69, 9.17) is 27.4 Å². The molecule has 0 bridgehead atoms. The molecular weight excluding hydrogens is 242 g/mol. The first-order valence-corrected chi connectivity index (χ1v) is 6.12. The summed E-state index contributed by atoms with van der Waals surface area (Å²) in [4.78, 5) is 16.0. The third kappa shape index (κ3) is 3.05. The topological polar surface area (TPSA) is 68.0 Å². The molecule has 2 amide bonds. The maximum Gasteiger partial charge on any atom is 0.320 e. The van der Waals surface area contributed by atoms with Crippen LogP contribution in [0, 0.1) is 0 Å². The molecule has 2 rings (SSSR count). The number of morpholine rings is 2. The Morgan fingerprint density at radius 2 is 1.82 bits per heavy atom. The van der Waals surface area contributed by atoms with Gasteiger partial charge in [0.2, 0.25) is 0 Å². The molecule has 17 heavy (non-hydrogen) atoms. The van der Waals surface area contributed by atoms with Crippen LogP contribution in [-0.2, 0) is 9.47 Å². The summed E-state index contributed by atoms with van der Waals surface area (Å²) in [5.74, 6) is 0. The standard InChI is InChI=1S/C10H17N3O3S/c11-9(17)8-7-13(3-6-16-8)10(14)12-1-4-15-5-2-12/h8H,1-7H2,(H2,11,17). The molecule has 0 radical (unpaired) electrons. The number of hydrogen-bond donors (Lipinski definition) is 1. The van der Waals surface area contributed by atoms with E-state index in [1.165, 1.54) is 0 Å². The fraction of sp³-hybridized carbons (Fsp3) is 0.800. The van der Waals surface area contributed by atoms with Gasteiger partial charge in [-0.15, -0.1) is 0 Å². The Hall–Kier alpha value is -0.920. The Labute approximate surface area is 106 Å². The lowest BCUT2D eigenvalue weighted by Gasteiger charge is -2.37. The SMILES string of the molecule is NC(=S)C1CN(C(=O)N2CCOCC2)CCO1. The monoisotopic (exact) mass is 259 g/mol. The zero-order valence-electron chi connectivity index (χ0n) is 9.63. The number of amides is 2. The molecule has 1 unspecified atom stereocenters. The van der Waals surface area contributed by atoms with Crippen LogP contribution >= 0.6 is 12.2 Å². The number of rotatable bonds is 1. The third-order valence-electron chi connectivity index (χ3n) is 2.94. The van der Waals surface area contributed by atoms with Crippen molar-refractivity contribution in [2.24, 2.45) is 5.73 Å². The van der Waals surface area contributed by atoms with Crippen LogP contribution in [0.15, 0.2) is 0 Å². The van der Waals surface area contributed by atoms with Gasteiger partial charge in [0, 0.05) is 19.6 Å². The van der Waals surface area contributed by atoms with Crippen LogP contribution in [0.5, 0.6) is 0 Å². The lowest BCUT2D eigenvalue weighted by atomic mass is 10.3. The molecule has 2 aliphatic heterocycles. The van der Waals surface area contributed by atoms with Gasteiger partial charge >= 0.3 is 6.03 Å². The van der Waals surface area contributed by atoms with Crippen LogP contribution in [0.1, 0.15) is 0 Å². The van der Waals surface area contributed by atoms with Gasteiger partial charge < -0.3 is 25.0 Å². The Morgan fingerprint density at radius 1 is 1.18 bits per heavy atom. The summed E-state index contributed by atoms with van der Waals surface area (Å²) in [5, 5.41) is 0. The highest BCUT2D eigenvalue weighted by Crippen LogP contribution is 2.10. The van der Waals surface area contributed by atoms with E-state index in [0.717, 1.165) is 0 Å². The lowest BCUT2D eigenvalue weighted by molar-refractivity contribution is 0.00217. The number of hydrogen-bond acceptors (Lipinski definition) is 4. The number of nitrogens with zero attached hydrogens (tertiary/aromatic N) is 2. The highest BCUT2D eigenvalue weighted by atomic mass is 32.1. The molecule has 0 saturated carbocycles. The van der Waals surface area contributed by atoms with E-state index in [-0.39, 0.29) is 12.1 Å². The quantitative estimate of drug-likeness (QED) is 0.638. The van der Waals surface area contributed by atoms with Crippen molar-refractivity contribution in [3.8, 4) is 0 Å². The lowest BCUT2D eigenvalue weighted by Crippen LogP contribution is -2.55. The summed E-state index contributed by atoms with van der Waals surface area (Å²) in [6.07, 6.45) is -0.316. The van der Waals surface area contributed by atoms with Crippen molar-refractivity contribution in [1.82, 2.24) is 9.80 Å². The molecule has 0 aromatic rings. The van der Waals surface area contributed by atoms with Gasteiger partial charge in [-0.05, 0) is 0 Å². The summed E-state index contributed by atoms with van der Waals surface area (Å²) in [5.41, 5.74) is 5.54. The van der Waals surface area contributed by atoms with Crippen molar-refractivity contribution >= 4 is 23.2 Å². The highest BCUT2D eigenvalue weighted by Gasteiger charge is 2.29. The van der Waals surface area contributed by atoms with E-state index in [0.29, 0.717) is 51.0 Å². The molecule has 2 N–H and O–H groups in total. The minimum atomic E-state index is -0.316. The first kappa shape index (κ1) is 12.5. The van der Waals surface area contributed by atoms with Gasteiger partial charge in [-0.2, -0.15) is 0 Å². The second-order valence-corrected chi connectivity index (χ2v) is 4.56. The second-order valence-electron chi connectivity index (χ2n) is 4.09. The zero-order chi connectivity index (χ0) is 12.3. The van der Waals surface area contributed by atoms with Crippen LogP contribution in [-0.4, -0.2) is 72.9 Å². The van der Waals surface area contributed by atoms with Crippen LogP contribution < -0.4 is 5.73 Å². The number of urea groups is 1. The van der Waals surface area contributed by atoms with Gasteiger partial charge in [-0.1, -0.05) is 12.2 Å². The van der Waals surface area contributed by atoms with Crippen molar-refractivity contribution in [2.75, 3.05) is 46.0 Å². The average molecular weight is 259 g/mol. The van der Waals surface area contributed by atoms with Crippen LogP contribution in [0.2, 0.25) is 0 Å². The highest BCUT2D eigenvalue weighted by molar-refractivity contribution is 7.80. The molecule has 2 heterocycles. The number of ether oxygens (including phenoxy) is 2. The Balaban J connectivity index is 1.91. The molecule has 0 aromatic heterocycles. The first-order chi connectivity index (χ1) is 8.18. The molecule has 96 valence electrons. The number of carbonyl (C=O) groups excluding carboxylic acids is 1. The molecule has 2 aliphatic rings. The molecule has 2 saturated heterocycles. The molecule has 2 fully saturated rings. The van der Waals surface area contributed by atoms with Gasteiger partial charge in [0.05, 0.1) is 26.4 Å². The summed E-state index contributed by atoms with van der Waals surface area (Å²) in [7, 11) is 0. The van der Waals surface area contributed by atoms with Crippen LogP contribution in [0.25, 0.3) is 0 Å². The van der Waals surface area contributed by atoms with E-state index >= 15 is 0 Å². The van der Waals surface area contributed by atoms with Gasteiger partial charge in [0.25, 0.3) is 0 Å². The van der Waals surface area contributed by atoms with Crippen molar-refractivity contribution in [3.63, 3.8) is 0 Å². The second kappa shape index (κ2) is 5.61. The van der Waals surface area contributed by atoms with Gasteiger partial charge in [-0.25, -0.2) is 4.79 Å². The molecular formula is C10H17N3O3S. The molecule has 7 heteroatoms. The minimum Gasteiger partial charge on any atom is -0.391 e. The molecule has 6 nitrogen and oxygen atoms in total. The van der Waals surface area contributed by atoms with Crippen molar-refractivity contribution in [2.45, 2.75) is 6.10 Å². The van der Waals surface area contributed by atoms with E-state index in [2.05, 4.69) is 0 Å². The number of nitrogens with two attached hydrogens (primary N) is 1. The largest absolute Gasteiger partial charge is 0.391 e. The first-order valence-electron chi connectivity index (χ1n) is 5.71. The van der Waals surface area contributed by atoms with Crippen LogP contribution in [0.3, 0.4) is 0 Å². The third-order valence-corrected chi connectivity index (χ3v) is 3.20. The van der Waals surface area contributed by atoms with Crippen molar-refractivity contribution in [1.29, 1.82) is 0 Å². The maximum absolute atomic E-state index is 12.2. The van der Waals surface area contributed by atoms with E-state index in [9.17, 15) is 4.79 Å². The summed E-state index contributed by atoms with van der Waals surface area (Å²) in [6, 6.07) is 0.0258. The predicted molar refractivity (Wildman–Crippen MR) is 65.9 cm³/mol. The Morgan fingerprint density at radius 3 is 2.47 bits per heavy atom. The average Bonchev–Trinajstić information content (AvgIpc) is 2.39. The smallest absolute Gasteiger partial charge is 0.320 e. The Bertz CT molecular complexity index is 307. The van der Waals surface area contributed by atoms with Crippen LogP contribution in [0.4, 0.5) is 4.79 Å². The molecule has 0 aromatic carbocycles. The van der Waals surface area contributed by atoms with E-state index in [1.807, 2.05) is 0 Å². The summed E-state index contributed by atoms with van der Waals surface area (Å²) >= 11 is 4.89. The molecule has 0 spiro atoms. The summed E-state index contributed by atoms with van der Waals surface area (Å²) < 4.78 is 10.6. The normalized spacial score (nSPS) is 25.8. The zero-order valence-corrected chi connectivity index (χ0v) is 10.4. The number of thiocarbonyl (C=S) groups is 1. The van der Waals surface area contributed by atoms with Crippen molar-refractivity contribution in [3.05, 3.63) is 0 Å². The fourth-order valence-corrected chi connectivity index (χ4v) is 2.09. The van der Waals surface area contributed by atoms with E-state index in [1.54, 1.807) is 9.80 Å². The fourth-order valence-electron chi connectivity index (χ4n) is 1.95. The molecule has 1 atom stereocenters. The van der Waals surface area contributed by atoms with Gasteiger partial charge in [0.1, 0.15) is 11.1 Å². The number of carbonyl (C=O) groups is 1. The van der Waals surface area contributed by atoms with Gasteiger partial charge in [-0.3, -0.25) is 0 Å². The van der Waals surface area contributed by atoms with Gasteiger partial charge in [0.15, 0.2) is 0 Å². The minimum absolute atomic E-state index is 0.0258. The summed E-state index contributed by atoms with van der Waals surface area (Å²) in [6.45, 7) is 4.03. The van der Waals surface area contributed by atoms with E-state index < -0.39 is 0 Å². The van der Waals surface area contributed by atoms with Crippen molar-refractivity contribution < 1.29 is 14.3 Å². The molecule has 0 aliphatic carbocycles. The maximum atomic E-state index is 12.2. The Kier molecular flexibility index (Phi) is 4.14.